The minimum absolute atomic E-state index is 0.0667. The molecule has 0 radical (unpaired) electrons. The Balaban J connectivity index is 1.78. The second kappa shape index (κ2) is 7.53. The minimum Gasteiger partial charge on any atom is -0.478 e. The Morgan fingerprint density at radius 1 is 1.29 bits per heavy atom. The summed E-state index contributed by atoms with van der Waals surface area (Å²) in [6.45, 7) is 7.81. The maximum absolute atomic E-state index is 14.4. The number of hydrogen-bond donors (Lipinski definition) is 3. The van der Waals surface area contributed by atoms with Gasteiger partial charge in [0.15, 0.2) is 0 Å². The number of urea groups is 1. The third kappa shape index (κ3) is 4.10. The average Bonchev–Trinajstić information content (AvgIpc) is 3.14. The SMILES string of the molecule is CC(C)(C)C1CCN(C(=O)Nc2cc(F)c(C(=O)O)c(-c3nn[nH]n3)c2)CC1. The number of nitrogens with zero attached hydrogens (tertiary/aromatic N) is 4. The molecular weight excluding hydrogens is 367 g/mol. The summed E-state index contributed by atoms with van der Waals surface area (Å²) in [6.07, 6.45) is 1.80. The molecule has 2 amide bonds. The number of tetrazole rings is 1. The molecule has 1 aliphatic rings. The average molecular weight is 390 g/mol. The van der Waals surface area contributed by atoms with Crippen LogP contribution in [0.5, 0.6) is 0 Å². The van der Waals surface area contributed by atoms with Gasteiger partial charge in [-0.15, -0.1) is 10.2 Å². The fraction of sp³-hybridized carbons (Fsp3) is 0.500. The summed E-state index contributed by atoms with van der Waals surface area (Å²) in [6, 6.07) is 1.96. The number of carboxylic acids is 1. The van der Waals surface area contributed by atoms with Gasteiger partial charge in [-0.1, -0.05) is 20.8 Å². The summed E-state index contributed by atoms with van der Waals surface area (Å²) in [4.78, 5) is 25.7. The molecule has 1 aliphatic heterocycles. The Labute approximate surface area is 161 Å². The molecule has 0 aliphatic carbocycles. The third-order valence-corrected chi connectivity index (χ3v) is 5.15. The van der Waals surface area contributed by atoms with Crippen molar-refractivity contribution >= 4 is 17.7 Å². The van der Waals surface area contributed by atoms with Gasteiger partial charge in [-0.25, -0.2) is 14.0 Å². The monoisotopic (exact) mass is 390 g/mol. The van der Waals surface area contributed by atoms with E-state index in [1.165, 1.54) is 6.07 Å². The highest BCUT2D eigenvalue weighted by atomic mass is 19.1. The molecule has 150 valence electrons. The van der Waals surface area contributed by atoms with Crippen molar-refractivity contribution in [3.05, 3.63) is 23.5 Å². The number of anilines is 1. The van der Waals surface area contributed by atoms with Crippen LogP contribution < -0.4 is 5.32 Å². The van der Waals surface area contributed by atoms with Crippen LogP contribution in [0.15, 0.2) is 12.1 Å². The van der Waals surface area contributed by atoms with Gasteiger partial charge in [0, 0.05) is 24.3 Å². The van der Waals surface area contributed by atoms with Crippen molar-refractivity contribution in [1.82, 2.24) is 25.5 Å². The van der Waals surface area contributed by atoms with Gasteiger partial charge < -0.3 is 15.3 Å². The van der Waals surface area contributed by atoms with Crippen molar-refractivity contribution in [2.24, 2.45) is 11.3 Å². The zero-order valence-electron chi connectivity index (χ0n) is 16.0. The van der Waals surface area contributed by atoms with Crippen LogP contribution in [-0.4, -0.2) is 55.7 Å². The Kier molecular flexibility index (Phi) is 5.30. The highest BCUT2D eigenvalue weighted by Gasteiger charge is 2.30. The Hall–Kier alpha value is -3.04. The van der Waals surface area contributed by atoms with E-state index in [2.05, 4.69) is 46.7 Å². The molecule has 0 atom stereocenters. The molecule has 1 saturated heterocycles. The normalized spacial score (nSPS) is 15.5. The van der Waals surface area contributed by atoms with E-state index in [0.717, 1.165) is 18.9 Å². The molecule has 2 heterocycles. The van der Waals surface area contributed by atoms with Crippen LogP contribution in [0.1, 0.15) is 44.0 Å². The van der Waals surface area contributed by atoms with E-state index in [0.29, 0.717) is 19.0 Å². The summed E-state index contributed by atoms with van der Waals surface area (Å²) >= 11 is 0. The second-order valence-electron chi connectivity index (χ2n) is 7.98. The molecule has 10 heteroatoms. The number of aromatic amines is 1. The van der Waals surface area contributed by atoms with Crippen molar-refractivity contribution in [3.8, 4) is 11.4 Å². The van der Waals surface area contributed by atoms with E-state index in [4.69, 9.17) is 0 Å². The number of halogens is 1. The zero-order valence-corrected chi connectivity index (χ0v) is 16.0. The Morgan fingerprint density at radius 2 is 1.96 bits per heavy atom. The molecule has 0 saturated carbocycles. The summed E-state index contributed by atoms with van der Waals surface area (Å²) in [5.74, 6) is -1.98. The fourth-order valence-electron chi connectivity index (χ4n) is 3.50. The summed E-state index contributed by atoms with van der Waals surface area (Å²) in [7, 11) is 0. The Bertz CT molecular complexity index is 870. The van der Waals surface area contributed by atoms with Gasteiger partial charge in [0.05, 0.1) is 0 Å². The minimum atomic E-state index is -1.46. The topological polar surface area (TPSA) is 124 Å². The number of H-pyrrole nitrogens is 1. The summed E-state index contributed by atoms with van der Waals surface area (Å²) in [5.41, 5.74) is -0.323. The van der Waals surface area contributed by atoms with Crippen molar-refractivity contribution in [3.63, 3.8) is 0 Å². The number of hydrogen-bond acceptors (Lipinski definition) is 5. The highest BCUT2D eigenvalue weighted by molar-refractivity contribution is 5.98. The molecule has 1 fully saturated rings. The number of rotatable bonds is 3. The van der Waals surface area contributed by atoms with Gasteiger partial charge in [0.2, 0.25) is 5.82 Å². The number of likely N-dealkylation sites (tertiary alicyclic amines) is 1. The number of carbonyl (C=O) groups excluding carboxylic acids is 1. The van der Waals surface area contributed by atoms with E-state index in [1.54, 1.807) is 4.90 Å². The van der Waals surface area contributed by atoms with Gasteiger partial charge in [-0.2, -0.15) is 5.21 Å². The second-order valence-corrected chi connectivity index (χ2v) is 7.98. The van der Waals surface area contributed by atoms with Crippen LogP contribution >= 0.6 is 0 Å². The first-order chi connectivity index (χ1) is 13.2. The van der Waals surface area contributed by atoms with Gasteiger partial charge >= 0.3 is 12.0 Å². The highest BCUT2D eigenvalue weighted by Crippen LogP contribution is 2.34. The first-order valence-corrected chi connectivity index (χ1v) is 9.03. The number of piperidine rings is 1. The molecule has 28 heavy (non-hydrogen) atoms. The standard InChI is InChI=1S/C18H23FN6O3/c1-18(2,3)10-4-6-25(7-5-10)17(28)20-11-8-12(15-21-23-24-22-15)14(16(26)27)13(19)9-11/h8-10H,4-7H2,1-3H3,(H,20,28)(H,26,27)(H,21,22,23,24). The van der Waals surface area contributed by atoms with Crippen LogP contribution in [0.25, 0.3) is 11.4 Å². The number of nitrogens with one attached hydrogen (secondary N) is 2. The summed E-state index contributed by atoms with van der Waals surface area (Å²) < 4.78 is 14.4. The smallest absolute Gasteiger partial charge is 0.339 e. The number of carbonyl (C=O) groups is 2. The molecule has 9 nitrogen and oxygen atoms in total. The molecular formula is C18H23FN6O3. The van der Waals surface area contributed by atoms with E-state index in [9.17, 15) is 19.1 Å². The lowest BCUT2D eigenvalue weighted by atomic mass is 9.75. The zero-order chi connectivity index (χ0) is 20.5. The van der Waals surface area contributed by atoms with Crippen LogP contribution in [0.3, 0.4) is 0 Å². The lowest BCUT2D eigenvalue weighted by Gasteiger charge is -2.38. The predicted octanol–water partition coefficient (Wildman–Crippen LogP) is 2.99. The summed E-state index contributed by atoms with van der Waals surface area (Å²) in [5, 5.41) is 24.9. The largest absolute Gasteiger partial charge is 0.478 e. The lowest BCUT2D eigenvalue weighted by molar-refractivity contribution is 0.0692. The molecule has 0 bridgehead atoms. The van der Waals surface area contributed by atoms with Crippen molar-refractivity contribution in [2.75, 3.05) is 18.4 Å². The lowest BCUT2D eigenvalue weighted by Crippen LogP contribution is -2.43. The predicted molar refractivity (Wildman–Crippen MR) is 99.3 cm³/mol. The number of amides is 2. The number of aromatic nitrogens is 4. The third-order valence-electron chi connectivity index (χ3n) is 5.15. The van der Waals surface area contributed by atoms with Gasteiger partial charge in [0.1, 0.15) is 11.4 Å². The molecule has 2 aromatic rings. The van der Waals surface area contributed by atoms with Crippen molar-refractivity contribution in [2.45, 2.75) is 33.6 Å². The van der Waals surface area contributed by atoms with Gasteiger partial charge in [0.25, 0.3) is 0 Å². The van der Waals surface area contributed by atoms with Crippen LogP contribution in [0.2, 0.25) is 0 Å². The van der Waals surface area contributed by atoms with Crippen molar-refractivity contribution < 1.29 is 19.1 Å². The van der Waals surface area contributed by atoms with Gasteiger partial charge in [-0.3, -0.25) is 0 Å². The van der Waals surface area contributed by atoms with Crippen molar-refractivity contribution in [1.29, 1.82) is 0 Å². The molecule has 3 rings (SSSR count). The van der Waals surface area contributed by atoms with E-state index >= 15 is 0 Å². The maximum Gasteiger partial charge on any atom is 0.339 e. The first-order valence-electron chi connectivity index (χ1n) is 9.03. The Morgan fingerprint density at radius 3 is 2.50 bits per heavy atom. The molecule has 0 spiro atoms. The van der Waals surface area contributed by atoms with E-state index < -0.39 is 17.3 Å². The number of carboxylic acid groups (broad SMARTS) is 1. The van der Waals surface area contributed by atoms with E-state index in [1.807, 2.05) is 0 Å². The molecule has 1 aromatic heterocycles. The fourth-order valence-corrected chi connectivity index (χ4v) is 3.50. The maximum atomic E-state index is 14.4. The number of aromatic carboxylic acids is 1. The quantitative estimate of drug-likeness (QED) is 0.740. The number of benzene rings is 1. The van der Waals surface area contributed by atoms with Crippen LogP contribution in [0, 0.1) is 17.2 Å². The van der Waals surface area contributed by atoms with Gasteiger partial charge in [-0.05, 0) is 41.5 Å². The first kappa shape index (κ1) is 19.7. The van der Waals surface area contributed by atoms with Crippen LogP contribution in [-0.2, 0) is 0 Å². The molecule has 1 aromatic carbocycles. The molecule has 3 N–H and O–H groups in total. The van der Waals surface area contributed by atoms with E-state index in [-0.39, 0.29) is 28.5 Å². The van der Waals surface area contributed by atoms with Crippen LogP contribution in [0.4, 0.5) is 14.9 Å². The molecule has 0 unspecified atom stereocenters.